The van der Waals surface area contributed by atoms with Crippen LogP contribution in [0, 0.1) is 6.92 Å². The molecule has 0 aliphatic rings. The third kappa shape index (κ3) is 3.67. The van der Waals surface area contributed by atoms with Gasteiger partial charge in [0.15, 0.2) is 0 Å². The Hall–Kier alpha value is -1.16. The molecule has 1 heterocycles. The van der Waals surface area contributed by atoms with Gasteiger partial charge < -0.3 is 11.1 Å². The molecule has 1 aromatic heterocycles. The van der Waals surface area contributed by atoms with E-state index >= 15 is 0 Å². The van der Waals surface area contributed by atoms with E-state index in [1.807, 2.05) is 17.4 Å². The van der Waals surface area contributed by atoms with Gasteiger partial charge in [-0.1, -0.05) is 30.3 Å². The largest absolute Gasteiger partial charge is 0.330 e. The summed E-state index contributed by atoms with van der Waals surface area (Å²) in [4.78, 5) is 2.75. The number of hydrogen-bond acceptors (Lipinski definition) is 3. The number of nitrogens with one attached hydrogen (secondary N) is 1. The molecule has 0 bridgehead atoms. The van der Waals surface area contributed by atoms with Crippen molar-refractivity contribution in [1.29, 1.82) is 0 Å². The summed E-state index contributed by atoms with van der Waals surface area (Å²) in [5.41, 5.74) is 7.17. The molecule has 0 aliphatic carbocycles. The second-order valence-electron chi connectivity index (χ2n) is 4.49. The van der Waals surface area contributed by atoms with Crippen molar-refractivity contribution >= 4 is 11.3 Å². The molecule has 0 aliphatic heterocycles. The maximum Gasteiger partial charge on any atom is 0.0300 e. The van der Waals surface area contributed by atoms with Crippen molar-refractivity contribution in [1.82, 2.24) is 5.32 Å². The Morgan fingerprint density at radius 1 is 1.17 bits per heavy atom. The topological polar surface area (TPSA) is 38.0 Å². The molecule has 2 aromatic rings. The van der Waals surface area contributed by atoms with Gasteiger partial charge in [0.25, 0.3) is 0 Å². The summed E-state index contributed by atoms with van der Waals surface area (Å²) in [6.07, 6.45) is 0. The number of hydrogen-bond donors (Lipinski definition) is 2. The molecular formula is C15H20N2S. The Kier molecular flexibility index (Phi) is 4.93. The molecule has 0 fully saturated rings. The maximum atomic E-state index is 5.85. The van der Waals surface area contributed by atoms with Gasteiger partial charge in [-0.15, -0.1) is 11.3 Å². The fourth-order valence-corrected chi connectivity index (χ4v) is 2.87. The third-order valence-electron chi connectivity index (χ3n) is 3.04. The Morgan fingerprint density at radius 3 is 2.56 bits per heavy atom. The molecule has 3 N–H and O–H groups in total. The smallest absolute Gasteiger partial charge is 0.0300 e. The number of aryl methyl sites for hydroxylation is 1. The summed E-state index contributed by atoms with van der Waals surface area (Å²) in [5.74, 6) is 0.396. The Balaban J connectivity index is 1.84. The van der Waals surface area contributed by atoms with Crippen molar-refractivity contribution in [2.45, 2.75) is 19.4 Å². The summed E-state index contributed by atoms with van der Waals surface area (Å²) in [6.45, 7) is 4.68. The molecule has 0 amide bonds. The molecule has 0 radical (unpaired) electrons. The molecule has 96 valence electrons. The standard InChI is InChI=1S/C15H20N2S/c1-12-7-8-15(18-12)11-17-10-14(9-16)13-5-3-2-4-6-13/h2-8,14,17H,9-11,16H2,1H3. The molecule has 1 aromatic carbocycles. The first-order chi connectivity index (χ1) is 8.79. The highest BCUT2D eigenvalue weighted by Crippen LogP contribution is 2.16. The minimum Gasteiger partial charge on any atom is -0.330 e. The SMILES string of the molecule is Cc1ccc(CNCC(CN)c2ccccc2)s1. The fourth-order valence-electron chi connectivity index (χ4n) is 2.01. The zero-order chi connectivity index (χ0) is 12.8. The fraction of sp³-hybridized carbons (Fsp3) is 0.333. The van der Waals surface area contributed by atoms with Crippen LogP contribution in [0.15, 0.2) is 42.5 Å². The second kappa shape index (κ2) is 6.69. The van der Waals surface area contributed by atoms with Crippen LogP contribution < -0.4 is 11.1 Å². The van der Waals surface area contributed by atoms with Crippen molar-refractivity contribution in [3.63, 3.8) is 0 Å². The van der Waals surface area contributed by atoms with Gasteiger partial charge in [0, 0.05) is 35.3 Å². The minimum atomic E-state index is 0.396. The summed E-state index contributed by atoms with van der Waals surface area (Å²) in [6, 6.07) is 14.8. The lowest BCUT2D eigenvalue weighted by molar-refractivity contribution is 0.591. The Labute approximate surface area is 113 Å². The molecule has 1 unspecified atom stereocenters. The van der Waals surface area contributed by atoms with Crippen LogP contribution in [0.4, 0.5) is 0 Å². The third-order valence-corrected chi connectivity index (χ3v) is 4.04. The van der Waals surface area contributed by atoms with E-state index in [2.05, 4.69) is 48.6 Å². The molecule has 18 heavy (non-hydrogen) atoms. The predicted molar refractivity (Wildman–Crippen MR) is 79.0 cm³/mol. The average Bonchev–Trinajstić information content (AvgIpc) is 2.81. The molecular weight excluding hydrogens is 240 g/mol. The van der Waals surface area contributed by atoms with Gasteiger partial charge in [-0.25, -0.2) is 0 Å². The summed E-state index contributed by atoms with van der Waals surface area (Å²) in [7, 11) is 0. The highest BCUT2D eigenvalue weighted by Gasteiger charge is 2.08. The molecule has 0 saturated carbocycles. The van der Waals surface area contributed by atoms with E-state index in [0.717, 1.165) is 13.1 Å². The van der Waals surface area contributed by atoms with E-state index in [4.69, 9.17) is 5.73 Å². The van der Waals surface area contributed by atoms with Crippen molar-refractivity contribution < 1.29 is 0 Å². The average molecular weight is 260 g/mol. The van der Waals surface area contributed by atoms with Crippen LogP contribution in [0.1, 0.15) is 21.2 Å². The molecule has 2 rings (SSSR count). The highest BCUT2D eigenvalue weighted by molar-refractivity contribution is 7.11. The predicted octanol–water partition coefficient (Wildman–Crippen LogP) is 2.89. The Morgan fingerprint density at radius 2 is 1.94 bits per heavy atom. The lowest BCUT2D eigenvalue weighted by Gasteiger charge is -2.15. The van der Waals surface area contributed by atoms with Crippen molar-refractivity contribution in [3.8, 4) is 0 Å². The molecule has 0 spiro atoms. The van der Waals surface area contributed by atoms with Crippen LogP contribution >= 0.6 is 11.3 Å². The second-order valence-corrected chi connectivity index (χ2v) is 5.86. The minimum absolute atomic E-state index is 0.396. The first kappa shape index (κ1) is 13.3. The van der Waals surface area contributed by atoms with Crippen LogP contribution in [0.2, 0.25) is 0 Å². The first-order valence-electron chi connectivity index (χ1n) is 6.30. The Bertz CT molecular complexity index is 464. The lowest BCUT2D eigenvalue weighted by atomic mass is 9.99. The van der Waals surface area contributed by atoms with E-state index in [9.17, 15) is 0 Å². The van der Waals surface area contributed by atoms with Crippen LogP contribution in [-0.4, -0.2) is 13.1 Å². The van der Waals surface area contributed by atoms with Crippen molar-refractivity contribution in [3.05, 3.63) is 57.8 Å². The number of nitrogens with two attached hydrogens (primary N) is 1. The summed E-state index contributed by atoms with van der Waals surface area (Å²) in [5, 5.41) is 3.49. The molecule has 0 saturated heterocycles. The first-order valence-corrected chi connectivity index (χ1v) is 7.12. The van der Waals surface area contributed by atoms with Crippen LogP contribution in [0.5, 0.6) is 0 Å². The van der Waals surface area contributed by atoms with E-state index < -0.39 is 0 Å². The van der Waals surface area contributed by atoms with E-state index in [0.29, 0.717) is 12.5 Å². The molecule has 3 heteroatoms. The van der Waals surface area contributed by atoms with Crippen LogP contribution in [-0.2, 0) is 6.54 Å². The van der Waals surface area contributed by atoms with Gasteiger partial charge in [-0.3, -0.25) is 0 Å². The quantitative estimate of drug-likeness (QED) is 0.838. The molecule has 2 nitrogen and oxygen atoms in total. The number of benzene rings is 1. The normalized spacial score (nSPS) is 12.6. The van der Waals surface area contributed by atoms with Gasteiger partial charge in [0.05, 0.1) is 0 Å². The van der Waals surface area contributed by atoms with Gasteiger partial charge in [-0.05, 0) is 24.6 Å². The summed E-state index contributed by atoms with van der Waals surface area (Å²) >= 11 is 1.85. The zero-order valence-electron chi connectivity index (χ0n) is 10.7. The number of rotatable bonds is 6. The van der Waals surface area contributed by atoms with E-state index in [1.54, 1.807) is 0 Å². The highest BCUT2D eigenvalue weighted by atomic mass is 32.1. The number of thiophene rings is 1. The van der Waals surface area contributed by atoms with Gasteiger partial charge in [-0.2, -0.15) is 0 Å². The molecule has 1 atom stereocenters. The maximum absolute atomic E-state index is 5.85. The van der Waals surface area contributed by atoms with Crippen LogP contribution in [0.3, 0.4) is 0 Å². The van der Waals surface area contributed by atoms with E-state index in [1.165, 1.54) is 15.3 Å². The summed E-state index contributed by atoms with van der Waals surface area (Å²) < 4.78 is 0. The van der Waals surface area contributed by atoms with E-state index in [-0.39, 0.29) is 0 Å². The monoisotopic (exact) mass is 260 g/mol. The van der Waals surface area contributed by atoms with Gasteiger partial charge in [0.2, 0.25) is 0 Å². The van der Waals surface area contributed by atoms with Gasteiger partial charge >= 0.3 is 0 Å². The van der Waals surface area contributed by atoms with Gasteiger partial charge in [0.1, 0.15) is 0 Å². The zero-order valence-corrected chi connectivity index (χ0v) is 11.5. The van der Waals surface area contributed by atoms with Crippen LogP contribution in [0.25, 0.3) is 0 Å². The van der Waals surface area contributed by atoms with Crippen molar-refractivity contribution in [2.24, 2.45) is 5.73 Å². The lowest BCUT2D eigenvalue weighted by Crippen LogP contribution is -2.26. The van der Waals surface area contributed by atoms with Crippen molar-refractivity contribution in [2.75, 3.05) is 13.1 Å².